The molecule has 0 unspecified atom stereocenters. The highest BCUT2D eigenvalue weighted by atomic mass is 16.5. The molecular formula is C38H70N8O9. The minimum Gasteiger partial charge on any atom is -0.469 e. The van der Waals surface area contributed by atoms with E-state index in [0.29, 0.717) is 109 Å². The topological polar surface area (TPSA) is 207 Å². The predicted molar refractivity (Wildman–Crippen MR) is 212 cm³/mol. The fourth-order valence-electron chi connectivity index (χ4n) is 5.34. The summed E-state index contributed by atoms with van der Waals surface area (Å²) < 4.78 is 20.4. The summed E-state index contributed by atoms with van der Waals surface area (Å²) in [5.41, 5.74) is 0. The second kappa shape index (κ2) is 33.5. The van der Waals surface area contributed by atoms with Crippen LogP contribution >= 0.6 is 0 Å². The van der Waals surface area contributed by atoms with Crippen molar-refractivity contribution in [3.63, 3.8) is 0 Å². The van der Waals surface area contributed by atoms with Crippen LogP contribution < -0.4 is 16.0 Å². The number of nitrogens with zero attached hydrogens (tertiary/aromatic N) is 5. The number of rotatable bonds is 36. The number of anilines is 3. The van der Waals surface area contributed by atoms with Crippen LogP contribution in [0, 0.1) is 0 Å². The molecule has 316 valence electrons. The zero-order chi connectivity index (χ0) is 40.4. The SMILES string of the molecule is CCCCCCOC(=O)CCN(CCCNc1nc(NCCCO)nc(NCCCN(CCC(=O)OC)CCC(=O)OC)n1)CCC(=O)OCCCCCC. The van der Waals surface area contributed by atoms with Gasteiger partial charge in [-0.25, -0.2) is 0 Å². The minimum absolute atomic E-state index is 0.0284. The Morgan fingerprint density at radius 1 is 0.509 bits per heavy atom. The van der Waals surface area contributed by atoms with Crippen LogP contribution in [-0.4, -0.2) is 147 Å². The summed E-state index contributed by atoms with van der Waals surface area (Å²) in [7, 11) is 2.69. The van der Waals surface area contributed by atoms with E-state index in [1.807, 2.05) is 4.90 Å². The first-order valence-corrected chi connectivity index (χ1v) is 20.2. The molecule has 1 aromatic heterocycles. The summed E-state index contributed by atoms with van der Waals surface area (Å²) in [6, 6.07) is 0. The lowest BCUT2D eigenvalue weighted by molar-refractivity contribution is -0.145. The molecule has 0 radical (unpaired) electrons. The number of aliphatic hydroxyl groups excluding tert-OH is 1. The largest absolute Gasteiger partial charge is 0.469 e. The van der Waals surface area contributed by atoms with E-state index in [2.05, 4.69) is 49.6 Å². The quantitative estimate of drug-likeness (QED) is 0.0431. The molecule has 4 N–H and O–H groups in total. The van der Waals surface area contributed by atoms with Gasteiger partial charge in [-0.05, 0) is 45.2 Å². The molecule has 0 aliphatic heterocycles. The Morgan fingerprint density at radius 2 is 0.873 bits per heavy atom. The van der Waals surface area contributed by atoms with Crippen molar-refractivity contribution in [3.05, 3.63) is 0 Å². The van der Waals surface area contributed by atoms with Crippen molar-refractivity contribution in [2.45, 2.75) is 110 Å². The van der Waals surface area contributed by atoms with E-state index in [4.69, 9.17) is 18.9 Å². The molecule has 55 heavy (non-hydrogen) atoms. The molecule has 1 aromatic rings. The molecule has 0 atom stereocenters. The van der Waals surface area contributed by atoms with Crippen molar-refractivity contribution < 1.29 is 43.2 Å². The molecule has 0 aliphatic rings. The number of ether oxygens (including phenoxy) is 4. The molecule has 0 bridgehead atoms. The fourth-order valence-corrected chi connectivity index (χ4v) is 5.34. The second-order valence-corrected chi connectivity index (χ2v) is 13.3. The monoisotopic (exact) mass is 783 g/mol. The van der Waals surface area contributed by atoms with Gasteiger partial charge in [0.2, 0.25) is 17.8 Å². The molecule has 0 saturated carbocycles. The summed E-state index contributed by atoms with van der Waals surface area (Å²) in [5, 5.41) is 18.9. The van der Waals surface area contributed by atoms with Crippen molar-refractivity contribution in [2.24, 2.45) is 0 Å². The lowest BCUT2D eigenvalue weighted by atomic mass is 10.2. The van der Waals surface area contributed by atoms with E-state index < -0.39 is 0 Å². The highest BCUT2D eigenvalue weighted by Crippen LogP contribution is 2.11. The molecular weight excluding hydrogens is 712 g/mol. The van der Waals surface area contributed by atoms with Gasteiger partial charge >= 0.3 is 23.9 Å². The number of methoxy groups -OCH3 is 2. The highest BCUT2D eigenvalue weighted by molar-refractivity contribution is 5.70. The molecule has 0 aromatic carbocycles. The van der Waals surface area contributed by atoms with E-state index in [0.717, 1.165) is 51.4 Å². The van der Waals surface area contributed by atoms with Crippen LogP contribution in [-0.2, 0) is 38.1 Å². The Labute approximate surface area is 328 Å². The maximum atomic E-state index is 12.4. The van der Waals surface area contributed by atoms with Gasteiger partial charge in [0.1, 0.15) is 0 Å². The van der Waals surface area contributed by atoms with E-state index in [1.165, 1.54) is 14.2 Å². The number of esters is 4. The van der Waals surface area contributed by atoms with Crippen molar-refractivity contribution in [1.82, 2.24) is 24.8 Å². The number of unbranched alkanes of at least 4 members (excludes halogenated alkanes) is 6. The smallest absolute Gasteiger partial charge is 0.307 e. The van der Waals surface area contributed by atoms with Gasteiger partial charge in [0.15, 0.2) is 0 Å². The van der Waals surface area contributed by atoms with E-state index in [-0.39, 0.29) is 56.2 Å². The van der Waals surface area contributed by atoms with Crippen LogP contribution in [0.1, 0.15) is 110 Å². The Bertz CT molecular complexity index is 1130. The number of carbonyl (C=O) groups excluding carboxylic acids is 4. The molecule has 0 fully saturated rings. The van der Waals surface area contributed by atoms with Crippen LogP contribution in [0.4, 0.5) is 17.8 Å². The molecule has 1 heterocycles. The minimum atomic E-state index is -0.318. The van der Waals surface area contributed by atoms with Gasteiger partial charge < -0.3 is 49.8 Å². The van der Waals surface area contributed by atoms with Gasteiger partial charge in [-0.2, -0.15) is 15.0 Å². The van der Waals surface area contributed by atoms with Gasteiger partial charge in [-0.3, -0.25) is 19.2 Å². The zero-order valence-corrected chi connectivity index (χ0v) is 34.0. The van der Waals surface area contributed by atoms with Crippen molar-refractivity contribution in [1.29, 1.82) is 0 Å². The maximum absolute atomic E-state index is 12.4. The standard InChI is InChI=1S/C38H70N8O9/c1-5-7-9-11-30-54-34(50)18-27-46(28-19-35(51)55-31-12-10-8-6-2)24-14-21-40-37-42-36(43-38(44-37)41-22-15-29-47)39-20-13-23-45(25-16-32(48)52-3)26-17-33(49)53-4/h47H,5-31H2,1-4H3,(H3,39,40,41,42,43,44). The third-order valence-corrected chi connectivity index (χ3v) is 8.63. The molecule has 0 spiro atoms. The van der Waals surface area contributed by atoms with E-state index >= 15 is 0 Å². The summed E-state index contributed by atoms with van der Waals surface area (Å²) in [6.45, 7) is 9.77. The van der Waals surface area contributed by atoms with Crippen LogP contribution in [0.15, 0.2) is 0 Å². The lowest BCUT2D eigenvalue weighted by Gasteiger charge is -2.22. The first-order valence-electron chi connectivity index (χ1n) is 20.2. The number of nitrogens with one attached hydrogen (secondary N) is 3. The molecule has 0 aliphatic carbocycles. The normalized spacial score (nSPS) is 11.0. The summed E-state index contributed by atoms with van der Waals surface area (Å²) in [6.07, 6.45) is 11.1. The Morgan fingerprint density at radius 3 is 1.22 bits per heavy atom. The van der Waals surface area contributed by atoms with Crippen molar-refractivity contribution in [2.75, 3.05) is 109 Å². The lowest BCUT2D eigenvalue weighted by Crippen LogP contribution is -2.31. The number of hydrogen-bond acceptors (Lipinski definition) is 17. The summed E-state index contributed by atoms with van der Waals surface area (Å²) in [5.74, 6) is -0.0218. The Hall–Kier alpha value is -3.83. The van der Waals surface area contributed by atoms with Crippen molar-refractivity contribution in [3.8, 4) is 0 Å². The first kappa shape index (κ1) is 49.2. The predicted octanol–water partition coefficient (Wildman–Crippen LogP) is 4.03. The van der Waals surface area contributed by atoms with Gasteiger partial charge in [0, 0.05) is 52.4 Å². The molecule has 17 heteroatoms. The van der Waals surface area contributed by atoms with Crippen molar-refractivity contribution >= 4 is 41.7 Å². The van der Waals surface area contributed by atoms with Gasteiger partial charge in [-0.15, -0.1) is 0 Å². The van der Waals surface area contributed by atoms with Crippen LogP contribution in [0.25, 0.3) is 0 Å². The van der Waals surface area contributed by atoms with Gasteiger partial charge in [-0.1, -0.05) is 52.4 Å². The van der Waals surface area contributed by atoms with Crippen LogP contribution in [0.3, 0.4) is 0 Å². The first-order chi connectivity index (χ1) is 26.7. The summed E-state index contributed by atoms with van der Waals surface area (Å²) in [4.78, 5) is 65.9. The van der Waals surface area contributed by atoms with Crippen LogP contribution in [0.5, 0.6) is 0 Å². The molecule has 1 rings (SSSR count). The molecule has 0 amide bonds. The average molecular weight is 783 g/mol. The number of aliphatic hydroxyl groups is 1. The zero-order valence-electron chi connectivity index (χ0n) is 34.0. The maximum Gasteiger partial charge on any atom is 0.307 e. The third-order valence-electron chi connectivity index (χ3n) is 8.63. The summed E-state index contributed by atoms with van der Waals surface area (Å²) >= 11 is 0. The molecule has 17 nitrogen and oxygen atoms in total. The Kier molecular flexibility index (Phi) is 30.0. The average Bonchev–Trinajstić information content (AvgIpc) is 3.19. The van der Waals surface area contributed by atoms with Gasteiger partial charge in [0.25, 0.3) is 0 Å². The second-order valence-electron chi connectivity index (χ2n) is 13.3. The molecule has 0 saturated heterocycles. The third kappa shape index (κ3) is 27.4. The van der Waals surface area contributed by atoms with E-state index in [9.17, 15) is 24.3 Å². The van der Waals surface area contributed by atoms with Gasteiger partial charge in [0.05, 0.1) is 53.1 Å². The Balaban J connectivity index is 2.78. The van der Waals surface area contributed by atoms with Crippen LogP contribution in [0.2, 0.25) is 0 Å². The number of hydrogen-bond donors (Lipinski definition) is 4. The fraction of sp³-hybridized carbons (Fsp3) is 0.816. The van der Waals surface area contributed by atoms with E-state index in [1.54, 1.807) is 0 Å². The number of aromatic nitrogens is 3. The highest BCUT2D eigenvalue weighted by Gasteiger charge is 2.14. The number of carbonyl (C=O) groups is 4.